The zero-order chi connectivity index (χ0) is 18.7. The van der Waals surface area contributed by atoms with Gasteiger partial charge in [-0.05, 0) is 43.2 Å². The molecule has 0 unspecified atom stereocenters. The molecular formula is C20H22N4O2. The Kier molecular flexibility index (Phi) is 5.02. The van der Waals surface area contributed by atoms with E-state index in [-0.39, 0.29) is 24.8 Å². The summed E-state index contributed by atoms with van der Waals surface area (Å²) >= 11 is 0. The summed E-state index contributed by atoms with van der Waals surface area (Å²) in [5.74, 6) is -0.0895. The maximum atomic E-state index is 12.3. The van der Waals surface area contributed by atoms with Crippen molar-refractivity contribution in [3.8, 4) is 0 Å². The molecule has 0 aliphatic heterocycles. The first-order valence-electron chi connectivity index (χ1n) is 8.53. The SMILES string of the molecule is Cc1cccc(NC(=O)CCNC(=O)c2nc3ccccc3n2C)c1C. The molecule has 0 spiro atoms. The third-order valence-electron chi connectivity index (χ3n) is 4.51. The molecule has 0 bridgehead atoms. The average Bonchev–Trinajstić information content (AvgIpc) is 2.96. The monoisotopic (exact) mass is 350 g/mol. The Morgan fingerprint density at radius 2 is 1.85 bits per heavy atom. The van der Waals surface area contributed by atoms with E-state index in [2.05, 4.69) is 15.6 Å². The van der Waals surface area contributed by atoms with E-state index in [0.717, 1.165) is 27.8 Å². The first-order chi connectivity index (χ1) is 12.5. The molecule has 0 radical (unpaired) electrons. The van der Waals surface area contributed by atoms with Crippen molar-refractivity contribution >= 4 is 28.5 Å². The van der Waals surface area contributed by atoms with Crippen molar-refractivity contribution in [2.24, 2.45) is 7.05 Å². The highest BCUT2D eigenvalue weighted by Gasteiger charge is 2.15. The molecule has 2 aromatic carbocycles. The van der Waals surface area contributed by atoms with Crippen LogP contribution in [0.25, 0.3) is 11.0 Å². The number of aryl methyl sites for hydroxylation is 2. The standard InChI is InChI=1S/C20H22N4O2/c1-13-7-6-9-15(14(13)2)22-18(25)11-12-21-20(26)19-23-16-8-4-5-10-17(16)24(19)3/h4-10H,11-12H2,1-3H3,(H,21,26)(H,22,25). The van der Waals surface area contributed by atoms with Gasteiger partial charge >= 0.3 is 0 Å². The Bertz CT molecular complexity index is 975. The van der Waals surface area contributed by atoms with E-state index in [1.54, 1.807) is 11.6 Å². The minimum Gasteiger partial charge on any atom is -0.349 e. The number of benzene rings is 2. The Hall–Kier alpha value is -3.15. The number of anilines is 1. The molecule has 134 valence electrons. The van der Waals surface area contributed by atoms with Crippen LogP contribution in [-0.4, -0.2) is 27.9 Å². The number of imidazole rings is 1. The fraction of sp³-hybridized carbons (Fsp3) is 0.250. The summed E-state index contributed by atoms with van der Waals surface area (Å²) in [5.41, 5.74) is 4.64. The summed E-state index contributed by atoms with van der Waals surface area (Å²) in [6, 6.07) is 13.4. The highest BCUT2D eigenvalue weighted by atomic mass is 16.2. The maximum absolute atomic E-state index is 12.3. The van der Waals surface area contributed by atoms with Gasteiger partial charge in [0.1, 0.15) is 0 Å². The van der Waals surface area contributed by atoms with Crippen molar-refractivity contribution in [3.63, 3.8) is 0 Å². The van der Waals surface area contributed by atoms with Crippen molar-refractivity contribution in [3.05, 3.63) is 59.4 Å². The molecule has 3 rings (SSSR count). The van der Waals surface area contributed by atoms with Crippen LogP contribution in [0.2, 0.25) is 0 Å². The van der Waals surface area contributed by atoms with E-state index in [9.17, 15) is 9.59 Å². The summed E-state index contributed by atoms with van der Waals surface area (Å²) < 4.78 is 1.75. The number of aromatic nitrogens is 2. The van der Waals surface area contributed by atoms with Crippen LogP contribution in [0.15, 0.2) is 42.5 Å². The molecule has 0 aliphatic rings. The number of para-hydroxylation sites is 2. The van der Waals surface area contributed by atoms with Crippen molar-refractivity contribution in [1.82, 2.24) is 14.9 Å². The molecule has 26 heavy (non-hydrogen) atoms. The van der Waals surface area contributed by atoms with Gasteiger partial charge in [0.15, 0.2) is 5.82 Å². The van der Waals surface area contributed by atoms with Gasteiger partial charge in [-0.1, -0.05) is 24.3 Å². The van der Waals surface area contributed by atoms with Gasteiger partial charge in [0, 0.05) is 25.7 Å². The first kappa shape index (κ1) is 17.7. The number of nitrogens with zero attached hydrogens (tertiary/aromatic N) is 2. The molecule has 3 aromatic rings. The lowest BCUT2D eigenvalue weighted by molar-refractivity contribution is -0.116. The fourth-order valence-corrected chi connectivity index (χ4v) is 2.82. The summed E-state index contributed by atoms with van der Waals surface area (Å²) in [7, 11) is 1.80. The number of carbonyl (C=O) groups is 2. The Balaban J connectivity index is 1.57. The third kappa shape index (κ3) is 3.59. The molecule has 1 heterocycles. The highest BCUT2D eigenvalue weighted by molar-refractivity contribution is 5.96. The lowest BCUT2D eigenvalue weighted by Gasteiger charge is -2.10. The number of hydrogen-bond acceptors (Lipinski definition) is 3. The first-order valence-corrected chi connectivity index (χ1v) is 8.53. The van der Waals surface area contributed by atoms with Crippen LogP contribution in [0, 0.1) is 13.8 Å². The van der Waals surface area contributed by atoms with Gasteiger partial charge in [-0.2, -0.15) is 0 Å². The van der Waals surface area contributed by atoms with E-state index in [1.165, 1.54) is 0 Å². The van der Waals surface area contributed by atoms with Crippen LogP contribution >= 0.6 is 0 Å². The smallest absolute Gasteiger partial charge is 0.287 e. The van der Waals surface area contributed by atoms with E-state index in [4.69, 9.17) is 0 Å². The van der Waals surface area contributed by atoms with Gasteiger partial charge in [-0.25, -0.2) is 4.98 Å². The summed E-state index contributed by atoms with van der Waals surface area (Å²) in [6.07, 6.45) is 0.197. The molecule has 2 N–H and O–H groups in total. The number of nitrogens with one attached hydrogen (secondary N) is 2. The molecule has 0 saturated carbocycles. The lowest BCUT2D eigenvalue weighted by atomic mass is 10.1. The Morgan fingerprint density at radius 3 is 2.62 bits per heavy atom. The molecule has 6 nitrogen and oxygen atoms in total. The second-order valence-electron chi connectivity index (χ2n) is 6.28. The summed E-state index contributed by atoms with van der Waals surface area (Å²) in [4.78, 5) is 28.8. The Labute approximate surface area is 152 Å². The molecule has 6 heteroatoms. The second kappa shape index (κ2) is 7.39. The van der Waals surface area contributed by atoms with Crippen LogP contribution in [0.5, 0.6) is 0 Å². The lowest BCUT2D eigenvalue weighted by Crippen LogP contribution is -2.29. The predicted molar refractivity (Wildman–Crippen MR) is 102 cm³/mol. The Morgan fingerprint density at radius 1 is 1.08 bits per heavy atom. The van der Waals surface area contributed by atoms with Crippen molar-refractivity contribution < 1.29 is 9.59 Å². The van der Waals surface area contributed by atoms with E-state index < -0.39 is 0 Å². The van der Waals surface area contributed by atoms with Crippen molar-refractivity contribution in [2.45, 2.75) is 20.3 Å². The number of fused-ring (bicyclic) bond motifs is 1. The van der Waals surface area contributed by atoms with Gasteiger partial charge in [0.05, 0.1) is 11.0 Å². The summed E-state index contributed by atoms with van der Waals surface area (Å²) in [5, 5.41) is 5.65. The number of rotatable bonds is 5. The minimum absolute atomic E-state index is 0.135. The van der Waals surface area contributed by atoms with Gasteiger partial charge < -0.3 is 15.2 Å². The van der Waals surface area contributed by atoms with Gasteiger partial charge in [-0.15, -0.1) is 0 Å². The summed E-state index contributed by atoms with van der Waals surface area (Å²) in [6.45, 7) is 4.22. The van der Waals surface area contributed by atoms with Crippen molar-refractivity contribution in [1.29, 1.82) is 0 Å². The third-order valence-corrected chi connectivity index (χ3v) is 4.51. The van der Waals surface area contributed by atoms with Crippen molar-refractivity contribution in [2.75, 3.05) is 11.9 Å². The van der Waals surface area contributed by atoms with Crippen LogP contribution in [0.4, 0.5) is 5.69 Å². The molecule has 2 amide bonds. The highest BCUT2D eigenvalue weighted by Crippen LogP contribution is 2.18. The van der Waals surface area contributed by atoms with E-state index >= 15 is 0 Å². The van der Waals surface area contributed by atoms with E-state index in [1.807, 2.05) is 56.3 Å². The fourth-order valence-electron chi connectivity index (χ4n) is 2.82. The molecule has 1 aromatic heterocycles. The van der Waals surface area contributed by atoms with Crippen LogP contribution in [0.1, 0.15) is 28.2 Å². The number of hydrogen-bond donors (Lipinski definition) is 2. The van der Waals surface area contributed by atoms with Crippen LogP contribution in [0.3, 0.4) is 0 Å². The average molecular weight is 350 g/mol. The zero-order valence-corrected chi connectivity index (χ0v) is 15.2. The predicted octanol–water partition coefficient (Wildman–Crippen LogP) is 2.95. The van der Waals surface area contributed by atoms with Crippen LogP contribution < -0.4 is 10.6 Å². The van der Waals surface area contributed by atoms with E-state index in [0.29, 0.717) is 5.82 Å². The number of amides is 2. The topological polar surface area (TPSA) is 76.0 Å². The maximum Gasteiger partial charge on any atom is 0.287 e. The largest absolute Gasteiger partial charge is 0.349 e. The zero-order valence-electron chi connectivity index (χ0n) is 15.2. The number of carbonyl (C=O) groups excluding carboxylic acids is 2. The normalized spacial score (nSPS) is 10.7. The molecule has 0 atom stereocenters. The van der Waals surface area contributed by atoms with Crippen LogP contribution in [-0.2, 0) is 11.8 Å². The molecule has 0 saturated heterocycles. The minimum atomic E-state index is -0.289. The van der Waals surface area contributed by atoms with Gasteiger partial charge in [-0.3, -0.25) is 9.59 Å². The van der Waals surface area contributed by atoms with Gasteiger partial charge in [0.2, 0.25) is 5.91 Å². The molecular weight excluding hydrogens is 328 g/mol. The van der Waals surface area contributed by atoms with Gasteiger partial charge in [0.25, 0.3) is 5.91 Å². The molecule has 0 fully saturated rings. The molecule has 0 aliphatic carbocycles. The quantitative estimate of drug-likeness (QED) is 0.743. The second-order valence-corrected chi connectivity index (χ2v) is 6.28.